The normalized spacial score (nSPS) is 20.1. The van der Waals surface area contributed by atoms with Gasteiger partial charge < -0.3 is 20.9 Å². The molecule has 12 heteroatoms. The van der Waals surface area contributed by atoms with E-state index in [9.17, 15) is 14.0 Å². The molecule has 0 bridgehead atoms. The number of carbonyl (C=O) groups excluding carboxylic acids is 2. The molecule has 0 radical (unpaired) electrons. The molecule has 2 amide bonds. The number of benzene rings is 1. The van der Waals surface area contributed by atoms with E-state index >= 15 is 0 Å². The molecule has 3 heterocycles. The molecule has 2 atom stereocenters. The van der Waals surface area contributed by atoms with E-state index in [-0.39, 0.29) is 11.8 Å². The summed E-state index contributed by atoms with van der Waals surface area (Å²) < 4.78 is 15.0. The highest BCUT2D eigenvalue weighted by molar-refractivity contribution is 5.92. The summed E-state index contributed by atoms with van der Waals surface area (Å²) in [6.07, 6.45) is 3.16. The van der Waals surface area contributed by atoms with Crippen molar-refractivity contribution in [2.24, 2.45) is 5.92 Å². The van der Waals surface area contributed by atoms with Gasteiger partial charge in [-0.1, -0.05) is 12.1 Å². The van der Waals surface area contributed by atoms with Crippen LogP contribution in [0.3, 0.4) is 0 Å². The molecule has 1 saturated carbocycles. The van der Waals surface area contributed by atoms with Crippen LogP contribution in [-0.2, 0) is 11.3 Å². The average Bonchev–Trinajstić information content (AvgIpc) is 3.34. The predicted octanol–water partition coefficient (Wildman–Crippen LogP) is 2.97. The molecular weight excluding hydrogens is 489 g/mol. The summed E-state index contributed by atoms with van der Waals surface area (Å²) >= 11 is 0. The Hall–Kier alpha value is -3.80. The van der Waals surface area contributed by atoms with Crippen molar-refractivity contribution in [3.63, 3.8) is 0 Å². The second kappa shape index (κ2) is 10.9. The zero-order valence-corrected chi connectivity index (χ0v) is 21.9. The highest BCUT2D eigenvalue weighted by Gasteiger charge is 2.33. The molecule has 1 aliphatic carbocycles. The lowest BCUT2D eigenvalue weighted by Crippen LogP contribution is -2.49. The molecular formula is C26H34FN9O2. The van der Waals surface area contributed by atoms with Crippen LogP contribution in [0, 0.1) is 5.92 Å². The van der Waals surface area contributed by atoms with Crippen LogP contribution in [0.25, 0.3) is 11.2 Å². The van der Waals surface area contributed by atoms with Crippen LogP contribution in [0.5, 0.6) is 0 Å². The summed E-state index contributed by atoms with van der Waals surface area (Å²) in [5.41, 5.74) is 2.72. The standard InChI is InChI=1S/C26H34FN9O2/c1-28-22-21-23(36(15-29-21)26(38)31-20-8-7-19(20)27)33-25(32-22)30-18-6-4-5-16(13-18)14-35-11-9-17(10-12-35)24(37)34(2)3/h4-6,13,15,17,19-20H,7-12,14H2,1-3H3,(H,31,38)(H2,28,30,32,33)/t19-,20+/m0/s1. The zero-order valence-electron chi connectivity index (χ0n) is 21.9. The van der Waals surface area contributed by atoms with Gasteiger partial charge in [-0.3, -0.25) is 9.69 Å². The topological polar surface area (TPSA) is 120 Å². The number of fused-ring (bicyclic) bond motifs is 1. The molecule has 1 saturated heterocycles. The first kappa shape index (κ1) is 25.8. The molecule has 0 spiro atoms. The first-order valence-corrected chi connectivity index (χ1v) is 13.0. The summed E-state index contributed by atoms with van der Waals surface area (Å²) in [5, 5.41) is 8.97. The van der Waals surface area contributed by atoms with Crippen LogP contribution < -0.4 is 16.0 Å². The zero-order chi connectivity index (χ0) is 26.8. The highest BCUT2D eigenvalue weighted by atomic mass is 19.1. The van der Waals surface area contributed by atoms with Crippen molar-refractivity contribution in [3.8, 4) is 0 Å². The number of rotatable bonds is 7. The third-order valence-electron chi connectivity index (χ3n) is 7.32. The number of halogens is 1. The van der Waals surface area contributed by atoms with Gasteiger partial charge in [-0.15, -0.1) is 0 Å². The Morgan fingerprint density at radius 2 is 1.92 bits per heavy atom. The predicted molar refractivity (Wildman–Crippen MR) is 143 cm³/mol. The quantitative estimate of drug-likeness (QED) is 0.432. The van der Waals surface area contributed by atoms with Gasteiger partial charge in [-0.25, -0.2) is 18.7 Å². The number of imidazole rings is 1. The number of nitrogens with one attached hydrogen (secondary N) is 3. The Labute approximate surface area is 220 Å². The fourth-order valence-electron chi connectivity index (χ4n) is 4.97. The van der Waals surface area contributed by atoms with E-state index in [2.05, 4.69) is 41.9 Å². The van der Waals surface area contributed by atoms with Crippen LogP contribution >= 0.6 is 0 Å². The molecule has 2 aliphatic rings. The van der Waals surface area contributed by atoms with Gasteiger partial charge in [-0.05, 0) is 56.5 Å². The third-order valence-corrected chi connectivity index (χ3v) is 7.32. The van der Waals surface area contributed by atoms with Gasteiger partial charge in [-0.2, -0.15) is 9.97 Å². The Morgan fingerprint density at radius 1 is 1.13 bits per heavy atom. The van der Waals surface area contributed by atoms with Crippen LogP contribution in [-0.4, -0.2) is 87.7 Å². The van der Waals surface area contributed by atoms with Crippen molar-refractivity contribution in [2.45, 2.75) is 44.4 Å². The Morgan fingerprint density at radius 3 is 2.58 bits per heavy atom. The number of alkyl halides is 1. The van der Waals surface area contributed by atoms with E-state index in [1.165, 1.54) is 10.9 Å². The van der Waals surface area contributed by atoms with Crippen molar-refractivity contribution < 1.29 is 14.0 Å². The van der Waals surface area contributed by atoms with Crippen molar-refractivity contribution in [1.29, 1.82) is 0 Å². The lowest BCUT2D eigenvalue weighted by atomic mass is 9.91. The average molecular weight is 524 g/mol. The maximum absolute atomic E-state index is 13.7. The molecule has 11 nitrogen and oxygen atoms in total. The molecule has 1 aromatic carbocycles. The van der Waals surface area contributed by atoms with E-state index in [4.69, 9.17) is 0 Å². The number of anilines is 3. The molecule has 3 aromatic rings. The first-order valence-electron chi connectivity index (χ1n) is 13.0. The van der Waals surface area contributed by atoms with Crippen LogP contribution in [0.1, 0.15) is 31.2 Å². The van der Waals surface area contributed by atoms with Gasteiger partial charge >= 0.3 is 6.03 Å². The lowest BCUT2D eigenvalue weighted by Gasteiger charge is -2.32. The van der Waals surface area contributed by atoms with Gasteiger partial charge in [0, 0.05) is 39.3 Å². The van der Waals surface area contributed by atoms with Gasteiger partial charge in [0.2, 0.25) is 11.9 Å². The summed E-state index contributed by atoms with van der Waals surface area (Å²) in [5.74, 6) is 1.10. The molecule has 2 aromatic heterocycles. The third kappa shape index (κ3) is 5.40. The van der Waals surface area contributed by atoms with Crippen molar-refractivity contribution >= 4 is 40.6 Å². The van der Waals surface area contributed by atoms with E-state index in [0.717, 1.165) is 43.7 Å². The fraction of sp³-hybridized carbons (Fsp3) is 0.500. The van der Waals surface area contributed by atoms with E-state index in [1.54, 1.807) is 11.9 Å². The lowest BCUT2D eigenvalue weighted by molar-refractivity contribution is -0.134. The number of hydrogen-bond acceptors (Lipinski definition) is 8. The molecule has 3 N–H and O–H groups in total. The summed E-state index contributed by atoms with van der Waals surface area (Å²) in [6.45, 7) is 2.54. The first-order chi connectivity index (χ1) is 18.3. The fourth-order valence-corrected chi connectivity index (χ4v) is 4.97. The Kier molecular flexibility index (Phi) is 7.41. The monoisotopic (exact) mass is 523 g/mol. The van der Waals surface area contributed by atoms with Crippen molar-refractivity contribution in [2.75, 3.05) is 44.9 Å². The van der Waals surface area contributed by atoms with Gasteiger partial charge in [0.05, 0.1) is 6.04 Å². The Bertz CT molecular complexity index is 1320. The van der Waals surface area contributed by atoms with Crippen LogP contribution in [0.15, 0.2) is 30.6 Å². The smallest absolute Gasteiger partial charge is 0.328 e. The summed E-state index contributed by atoms with van der Waals surface area (Å²) in [4.78, 5) is 42.5. The molecule has 0 unspecified atom stereocenters. The van der Waals surface area contributed by atoms with Crippen LogP contribution in [0.4, 0.5) is 26.6 Å². The van der Waals surface area contributed by atoms with Crippen LogP contribution in [0.2, 0.25) is 0 Å². The maximum Gasteiger partial charge on any atom is 0.328 e. The second-order valence-electron chi connectivity index (χ2n) is 10.2. The molecule has 5 rings (SSSR count). The summed E-state index contributed by atoms with van der Waals surface area (Å²) in [6, 6.07) is 7.07. The van der Waals surface area contributed by atoms with E-state index in [0.29, 0.717) is 35.8 Å². The van der Waals surface area contributed by atoms with E-state index in [1.807, 2.05) is 32.3 Å². The minimum Gasteiger partial charge on any atom is -0.371 e. The van der Waals surface area contributed by atoms with Gasteiger partial charge in [0.15, 0.2) is 17.0 Å². The minimum atomic E-state index is -1.02. The maximum atomic E-state index is 13.7. The molecule has 38 heavy (non-hydrogen) atoms. The highest BCUT2D eigenvalue weighted by Crippen LogP contribution is 2.26. The molecule has 1 aliphatic heterocycles. The van der Waals surface area contributed by atoms with Crippen molar-refractivity contribution in [1.82, 2.24) is 34.6 Å². The van der Waals surface area contributed by atoms with Gasteiger partial charge in [0.25, 0.3) is 0 Å². The number of carbonyl (C=O) groups is 2. The molecule has 2 fully saturated rings. The number of aromatic nitrogens is 4. The molecule has 202 valence electrons. The SMILES string of the molecule is CNc1nc(Nc2cccc(CN3CCC(C(=O)N(C)C)CC3)c2)nc2c1ncn2C(=O)N[C@@H]1CC[C@@H]1F. The second-order valence-corrected chi connectivity index (χ2v) is 10.2. The number of hydrogen-bond donors (Lipinski definition) is 3. The Balaban J connectivity index is 1.29. The number of amides is 2. The minimum absolute atomic E-state index is 0.102. The van der Waals surface area contributed by atoms with E-state index < -0.39 is 18.2 Å². The van der Waals surface area contributed by atoms with Crippen molar-refractivity contribution in [3.05, 3.63) is 36.2 Å². The number of likely N-dealkylation sites (tertiary alicyclic amines) is 1. The van der Waals surface area contributed by atoms with Gasteiger partial charge in [0.1, 0.15) is 12.5 Å². The summed E-state index contributed by atoms with van der Waals surface area (Å²) in [7, 11) is 5.35. The number of piperidine rings is 1. The number of nitrogens with zero attached hydrogens (tertiary/aromatic N) is 6. The largest absolute Gasteiger partial charge is 0.371 e.